The van der Waals surface area contributed by atoms with Crippen LogP contribution in [-0.2, 0) is 4.79 Å². The van der Waals surface area contributed by atoms with Gasteiger partial charge >= 0.3 is 12.0 Å². The Balaban J connectivity index is 1.61. The zero-order chi connectivity index (χ0) is 22.7. The molecule has 8 heteroatoms. The van der Waals surface area contributed by atoms with E-state index < -0.39 is 18.2 Å². The number of rotatable bonds is 4. The second-order valence-corrected chi connectivity index (χ2v) is 8.15. The number of para-hydroxylation sites is 1. The van der Waals surface area contributed by atoms with Crippen LogP contribution in [0.1, 0.15) is 48.0 Å². The van der Waals surface area contributed by atoms with E-state index in [9.17, 15) is 14.4 Å². The van der Waals surface area contributed by atoms with Gasteiger partial charge in [0.15, 0.2) is 0 Å². The highest BCUT2D eigenvalue weighted by molar-refractivity contribution is 6.14. The van der Waals surface area contributed by atoms with Crippen molar-refractivity contribution >= 4 is 35.0 Å². The van der Waals surface area contributed by atoms with Crippen LogP contribution in [0.2, 0.25) is 0 Å². The number of hydrogen-bond acceptors (Lipinski definition) is 4. The maximum absolute atomic E-state index is 13.2. The SMILES string of the molecule is CN1C(=O)C(NC(=O)Nc2cccc(C(=O)O)c2)N=C(C2CCCCC2)c2ccccc21. The van der Waals surface area contributed by atoms with Crippen LogP contribution >= 0.6 is 0 Å². The van der Waals surface area contributed by atoms with E-state index in [1.165, 1.54) is 23.5 Å². The van der Waals surface area contributed by atoms with Gasteiger partial charge in [-0.3, -0.25) is 9.79 Å². The first-order valence-corrected chi connectivity index (χ1v) is 10.8. The van der Waals surface area contributed by atoms with Crippen molar-refractivity contribution < 1.29 is 19.5 Å². The molecule has 1 heterocycles. The number of fused-ring (bicyclic) bond motifs is 1. The standard InChI is InChI=1S/C24H26N4O4/c1-28-19-13-6-5-12-18(19)20(15-8-3-2-4-9-15)26-21(22(28)29)27-24(32)25-17-11-7-10-16(14-17)23(30)31/h5-7,10-15,21H,2-4,8-9H2,1H3,(H,30,31)(H2,25,27,32). The van der Waals surface area contributed by atoms with Gasteiger partial charge in [0, 0.05) is 24.2 Å². The maximum Gasteiger partial charge on any atom is 0.335 e. The van der Waals surface area contributed by atoms with Crippen molar-refractivity contribution in [3.05, 3.63) is 59.7 Å². The van der Waals surface area contributed by atoms with Crippen LogP contribution in [0.4, 0.5) is 16.2 Å². The molecule has 2 aromatic rings. The van der Waals surface area contributed by atoms with Gasteiger partial charge in [-0.05, 0) is 37.1 Å². The highest BCUT2D eigenvalue weighted by Crippen LogP contribution is 2.33. The lowest BCUT2D eigenvalue weighted by molar-refractivity contribution is -0.119. The van der Waals surface area contributed by atoms with Crippen molar-refractivity contribution in [2.45, 2.75) is 38.3 Å². The van der Waals surface area contributed by atoms with Crippen LogP contribution < -0.4 is 15.5 Å². The van der Waals surface area contributed by atoms with E-state index in [1.54, 1.807) is 19.2 Å². The van der Waals surface area contributed by atoms with E-state index >= 15 is 0 Å². The van der Waals surface area contributed by atoms with Gasteiger partial charge in [0.05, 0.1) is 17.0 Å². The molecular weight excluding hydrogens is 408 g/mol. The highest BCUT2D eigenvalue weighted by atomic mass is 16.4. The van der Waals surface area contributed by atoms with Gasteiger partial charge in [0.1, 0.15) is 0 Å². The summed E-state index contributed by atoms with van der Waals surface area (Å²) in [5.41, 5.74) is 2.93. The number of carbonyl (C=O) groups excluding carboxylic acids is 2. The molecule has 0 radical (unpaired) electrons. The molecular formula is C24H26N4O4. The van der Waals surface area contributed by atoms with E-state index in [4.69, 9.17) is 10.1 Å². The average molecular weight is 434 g/mol. The third-order valence-corrected chi connectivity index (χ3v) is 6.00. The Kier molecular flexibility index (Phi) is 6.20. The Morgan fingerprint density at radius 3 is 2.56 bits per heavy atom. The van der Waals surface area contributed by atoms with E-state index in [1.807, 2.05) is 24.3 Å². The Bertz CT molecular complexity index is 1080. The number of aliphatic imine (C=N–C) groups is 1. The van der Waals surface area contributed by atoms with Gasteiger partial charge in [0.2, 0.25) is 6.17 Å². The van der Waals surface area contributed by atoms with Gasteiger partial charge in [-0.25, -0.2) is 9.59 Å². The topological polar surface area (TPSA) is 111 Å². The van der Waals surface area contributed by atoms with Crippen molar-refractivity contribution in [2.24, 2.45) is 10.9 Å². The molecule has 0 bridgehead atoms. The van der Waals surface area contributed by atoms with Crippen LogP contribution in [0.15, 0.2) is 53.5 Å². The largest absolute Gasteiger partial charge is 0.478 e. The number of carbonyl (C=O) groups is 3. The van der Waals surface area contributed by atoms with Crippen molar-refractivity contribution in [2.75, 3.05) is 17.3 Å². The number of benzodiazepines with no additional fused rings is 1. The minimum absolute atomic E-state index is 0.0566. The smallest absolute Gasteiger partial charge is 0.335 e. The van der Waals surface area contributed by atoms with E-state index in [2.05, 4.69) is 10.6 Å². The summed E-state index contributed by atoms with van der Waals surface area (Å²) in [7, 11) is 1.68. The molecule has 0 spiro atoms. The normalized spacial score (nSPS) is 18.9. The third kappa shape index (κ3) is 4.49. The predicted octanol–water partition coefficient (Wildman–Crippen LogP) is 3.88. The summed E-state index contributed by atoms with van der Waals surface area (Å²) in [6.07, 6.45) is 4.37. The molecule has 8 nitrogen and oxygen atoms in total. The molecule has 1 aliphatic heterocycles. The average Bonchev–Trinajstić information content (AvgIpc) is 2.90. The molecule has 4 rings (SSSR count). The van der Waals surface area contributed by atoms with Crippen molar-refractivity contribution in [3.63, 3.8) is 0 Å². The number of aromatic carboxylic acids is 1. The minimum Gasteiger partial charge on any atom is -0.478 e. The number of urea groups is 1. The number of nitrogens with zero attached hydrogens (tertiary/aromatic N) is 2. The Morgan fingerprint density at radius 1 is 1.06 bits per heavy atom. The lowest BCUT2D eigenvalue weighted by Gasteiger charge is -2.25. The molecule has 1 unspecified atom stereocenters. The fourth-order valence-electron chi connectivity index (χ4n) is 4.37. The summed E-state index contributed by atoms with van der Waals surface area (Å²) in [5.74, 6) is -1.18. The Hall–Kier alpha value is -3.68. The number of likely N-dealkylation sites (N-methyl/N-ethyl adjacent to an activating group) is 1. The van der Waals surface area contributed by atoms with Crippen LogP contribution in [0.25, 0.3) is 0 Å². The summed E-state index contributed by atoms with van der Waals surface area (Å²) >= 11 is 0. The molecule has 3 N–H and O–H groups in total. The number of benzene rings is 2. The molecule has 1 fully saturated rings. The second kappa shape index (κ2) is 9.21. The molecule has 166 valence electrons. The lowest BCUT2D eigenvalue weighted by Crippen LogP contribution is -2.47. The highest BCUT2D eigenvalue weighted by Gasteiger charge is 2.33. The molecule has 0 saturated heterocycles. The first kappa shape index (κ1) is 21.5. The van der Waals surface area contributed by atoms with E-state index in [0.29, 0.717) is 5.69 Å². The molecule has 2 aliphatic rings. The van der Waals surface area contributed by atoms with Gasteiger partial charge in [-0.15, -0.1) is 0 Å². The van der Waals surface area contributed by atoms with Gasteiger partial charge < -0.3 is 20.6 Å². The molecule has 1 aliphatic carbocycles. The van der Waals surface area contributed by atoms with Crippen molar-refractivity contribution in [3.8, 4) is 0 Å². The predicted molar refractivity (Wildman–Crippen MR) is 122 cm³/mol. The Morgan fingerprint density at radius 2 is 1.81 bits per heavy atom. The van der Waals surface area contributed by atoms with Crippen molar-refractivity contribution in [1.82, 2.24) is 5.32 Å². The van der Waals surface area contributed by atoms with Crippen LogP contribution in [0.3, 0.4) is 0 Å². The second-order valence-electron chi connectivity index (χ2n) is 8.15. The zero-order valence-electron chi connectivity index (χ0n) is 17.9. The zero-order valence-corrected chi connectivity index (χ0v) is 17.9. The lowest BCUT2D eigenvalue weighted by atomic mass is 9.83. The van der Waals surface area contributed by atoms with Crippen LogP contribution in [0, 0.1) is 5.92 Å². The van der Waals surface area contributed by atoms with Crippen molar-refractivity contribution in [1.29, 1.82) is 0 Å². The quantitative estimate of drug-likeness (QED) is 0.678. The molecule has 1 atom stereocenters. The minimum atomic E-state index is -1.09. The first-order valence-electron chi connectivity index (χ1n) is 10.8. The molecule has 3 amide bonds. The molecule has 0 aromatic heterocycles. The first-order chi connectivity index (χ1) is 15.4. The van der Waals surface area contributed by atoms with E-state index in [-0.39, 0.29) is 17.4 Å². The molecule has 32 heavy (non-hydrogen) atoms. The van der Waals surface area contributed by atoms with Gasteiger partial charge in [0.25, 0.3) is 5.91 Å². The number of hydrogen-bond donors (Lipinski definition) is 3. The van der Waals surface area contributed by atoms with Gasteiger partial charge in [-0.1, -0.05) is 43.5 Å². The summed E-state index contributed by atoms with van der Waals surface area (Å²) < 4.78 is 0. The number of carboxylic acids is 1. The number of amides is 3. The van der Waals surface area contributed by atoms with Crippen LogP contribution in [0.5, 0.6) is 0 Å². The van der Waals surface area contributed by atoms with Crippen LogP contribution in [-0.4, -0.2) is 41.9 Å². The summed E-state index contributed by atoms with van der Waals surface area (Å²) in [4.78, 5) is 43.3. The fourth-order valence-corrected chi connectivity index (χ4v) is 4.37. The summed E-state index contributed by atoms with van der Waals surface area (Å²) in [6, 6.07) is 13.0. The van der Waals surface area contributed by atoms with E-state index in [0.717, 1.165) is 42.6 Å². The fraction of sp³-hybridized carbons (Fsp3) is 0.333. The maximum atomic E-state index is 13.2. The summed E-state index contributed by atoms with van der Waals surface area (Å²) in [5, 5.41) is 14.4. The number of carboxylic acid groups (broad SMARTS) is 1. The monoisotopic (exact) mass is 434 g/mol. The number of anilines is 2. The molecule has 2 aromatic carbocycles. The number of nitrogens with one attached hydrogen (secondary N) is 2. The third-order valence-electron chi connectivity index (χ3n) is 6.00. The summed E-state index contributed by atoms with van der Waals surface area (Å²) in [6.45, 7) is 0. The van der Waals surface area contributed by atoms with Gasteiger partial charge in [-0.2, -0.15) is 0 Å². The Labute approximate surface area is 186 Å². The molecule has 1 saturated carbocycles.